The van der Waals surface area contributed by atoms with Crippen molar-refractivity contribution < 1.29 is 48.1 Å². The molecule has 17 heteroatoms. The number of benzene rings is 3. The zero-order valence-electron chi connectivity index (χ0n) is 36.6. The van der Waals surface area contributed by atoms with Crippen LogP contribution in [0.1, 0.15) is 83.7 Å². The molecule has 0 aliphatic heterocycles. The molecule has 6 N–H and O–H groups in total. The third-order valence-electron chi connectivity index (χ3n) is 9.32. The molecule has 0 aliphatic rings. The number of carbonyl (C=O) groups is 7. The van der Waals surface area contributed by atoms with E-state index in [4.69, 9.17) is 19.6 Å². The van der Waals surface area contributed by atoms with Gasteiger partial charge in [-0.3, -0.25) is 28.8 Å². The molecular weight excluding hydrogens is 811 g/mol. The molecule has 17 nitrogen and oxygen atoms in total. The zero-order valence-corrected chi connectivity index (χ0v) is 36.6. The molecule has 0 spiro atoms. The van der Waals surface area contributed by atoms with Crippen molar-refractivity contribution in [2.45, 2.75) is 103 Å². The Kier molecular flexibility index (Phi) is 16.7. The molecule has 1 aromatic heterocycles. The van der Waals surface area contributed by atoms with Crippen LogP contribution in [0.4, 0.5) is 4.79 Å². The van der Waals surface area contributed by atoms with Gasteiger partial charge in [0, 0.05) is 19.0 Å². The molecule has 5 amide bonds. The first-order valence-corrected chi connectivity index (χ1v) is 20.5. The highest BCUT2D eigenvalue weighted by molar-refractivity contribution is 5.95. The standard InChI is InChI=1S/C46H57N7O10/c1-30(40(58)51-35(23-24-39(57)62-44(2,3)4)41(59)48-26-37(54)47-27-38(55)56)50-42(60)36(52-43(61)63-45(5,6)7)25-34-28-53(29-49-34)46(31-17-11-8-12-18-31,32-19-13-9-14-20-32)33-21-15-10-16-22-33/h8-22,28-30,35-36H,23-27H2,1-7H3,(H,47,54)(H,48,59)(H,50,60)(H,51,58)(H,52,61)(H,55,56)/t30-,35+,36-/m0/s1. The highest BCUT2D eigenvalue weighted by atomic mass is 16.6. The Morgan fingerprint density at radius 1 is 0.651 bits per heavy atom. The van der Waals surface area contributed by atoms with Crippen molar-refractivity contribution >= 4 is 41.7 Å². The SMILES string of the molecule is C[C@H](NC(=O)[C@H](Cc1cn(C(c2ccccc2)(c2ccccc2)c2ccccc2)cn1)NC(=O)OC(C)(C)C)C(=O)N[C@H](CCC(=O)OC(C)(C)C)C(=O)NCC(=O)NCC(=O)O. The summed E-state index contributed by atoms with van der Waals surface area (Å²) >= 11 is 0. The maximum absolute atomic E-state index is 14.1. The van der Waals surface area contributed by atoms with Gasteiger partial charge in [-0.1, -0.05) is 91.0 Å². The molecule has 1 heterocycles. The van der Waals surface area contributed by atoms with Gasteiger partial charge in [-0.15, -0.1) is 0 Å². The summed E-state index contributed by atoms with van der Waals surface area (Å²) in [5.41, 5.74) is 0.585. The van der Waals surface area contributed by atoms with Crippen LogP contribution in [0.15, 0.2) is 104 Å². The van der Waals surface area contributed by atoms with Gasteiger partial charge in [-0.25, -0.2) is 9.78 Å². The minimum atomic E-state index is -1.38. The van der Waals surface area contributed by atoms with Gasteiger partial charge in [0.1, 0.15) is 41.4 Å². The second-order valence-corrected chi connectivity index (χ2v) is 16.8. The van der Waals surface area contributed by atoms with Crippen LogP contribution in [0.25, 0.3) is 0 Å². The summed E-state index contributed by atoms with van der Waals surface area (Å²) in [4.78, 5) is 94.2. The lowest BCUT2D eigenvalue weighted by atomic mass is 9.77. The summed E-state index contributed by atoms with van der Waals surface area (Å²) < 4.78 is 12.8. The number of ether oxygens (including phenoxy) is 2. The molecule has 0 fully saturated rings. The first kappa shape index (κ1) is 48.6. The second kappa shape index (κ2) is 21.7. The molecule has 4 aromatic rings. The molecule has 0 bridgehead atoms. The lowest BCUT2D eigenvalue weighted by molar-refractivity contribution is -0.155. The average Bonchev–Trinajstić information content (AvgIpc) is 3.69. The molecule has 3 aromatic carbocycles. The van der Waals surface area contributed by atoms with E-state index < -0.39 is 89.6 Å². The van der Waals surface area contributed by atoms with Gasteiger partial charge in [-0.2, -0.15) is 0 Å². The Hall–Kier alpha value is -7.04. The molecule has 336 valence electrons. The van der Waals surface area contributed by atoms with Crippen molar-refractivity contribution in [1.82, 2.24) is 36.1 Å². The lowest BCUT2D eigenvalue weighted by Crippen LogP contribution is -2.57. The van der Waals surface area contributed by atoms with Crippen LogP contribution in [0, 0.1) is 0 Å². The predicted octanol–water partition coefficient (Wildman–Crippen LogP) is 3.59. The normalized spacial score (nSPS) is 13.0. The smallest absolute Gasteiger partial charge is 0.408 e. The molecule has 0 radical (unpaired) electrons. The lowest BCUT2D eigenvalue weighted by Gasteiger charge is -2.37. The molecule has 3 atom stereocenters. The zero-order chi connectivity index (χ0) is 46.4. The van der Waals surface area contributed by atoms with E-state index in [1.165, 1.54) is 6.92 Å². The average molecular weight is 868 g/mol. The highest BCUT2D eigenvalue weighted by Gasteiger charge is 2.39. The van der Waals surface area contributed by atoms with Gasteiger partial charge >= 0.3 is 18.0 Å². The third-order valence-corrected chi connectivity index (χ3v) is 9.32. The summed E-state index contributed by atoms with van der Waals surface area (Å²) in [7, 11) is 0. The first-order valence-electron chi connectivity index (χ1n) is 20.5. The van der Waals surface area contributed by atoms with Gasteiger partial charge in [0.05, 0.1) is 18.6 Å². The van der Waals surface area contributed by atoms with Crippen LogP contribution in [-0.2, 0) is 50.2 Å². The molecule has 0 aliphatic carbocycles. The van der Waals surface area contributed by atoms with E-state index in [0.717, 1.165) is 16.7 Å². The largest absolute Gasteiger partial charge is 0.480 e. The highest BCUT2D eigenvalue weighted by Crippen LogP contribution is 2.40. The Labute approximate surface area is 366 Å². The van der Waals surface area contributed by atoms with Crippen molar-refractivity contribution in [3.63, 3.8) is 0 Å². The Bertz CT molecular complexity index is 2100. The van der Waals surface area contributed by atoms with E-state index in [1.807, 2.05) is 95.6 Å². The van der Waals surface area contributed by atoms with Gasteiger partial charge in [0.2, 0.25) is 23.6 Å². The summed E-state index contributed by atoms with van der Waals surface area (Å²) in [6, 6.07) is 25.7. The van der Waals surface area contributed by atoms with E-state index in [0.29, 0.717) is 5.69 Å². The Morgan fingerprint density at radius 2 is 1.17 bits per heavy atom. The van der Waals surface area contributed by atoms with Crippen LogP contribution in [0.2, 0.25) is 0 Å². The summed E-state index contributed by atoms with van der Waals surface area (Å²) in [6.07, 6.45) is 1.90. The molecule has 0 unspecified atom stereocenters. The molecular formula is C46H57N7O10. The number of imidazole rings is 1. The fourth-order valence-corrected chi connectivity index (χ4v) is 6.63. The Balaban J connectivity index is 1.61. The van der Waals surface area contributed by atoms with Crippen LogP contribution in [0.3, 0.4) is 0 Å². The topological polar surface area (TPSA) is 236 Å². The van der Waals surface area contributed by atoms with Crippen molar-refractivity contribution in [3.05, 3.63) is 126 Å². The van der Waals surface area contributed by atoms with Crippen molar-refractivity contribution in [1.29, 1.82) is 0 Å². The van der Waals surface area contributed by atoms with Gasteiger partial charge in [0.15, 0.2) is 0 Å². The maximum atomic E-state index is 14.1. The van der Waals surface area contributed by atoms with E-state index in [9.17, 15) is 33.6 Å². The first-order chi connectivity index (χ1) is 29.7. The monoisotopic (exact) mass is 867 g/mol. The van der Waals surface area contributed by atoms with Crippen molar-refractivity contribution in [3.8, 4) is 0 Å². The van der Waals surface area contributed by atoms with E-state index >= 15 is 0 Å². The number of nitrogens with zero attached hydrogens (tertiary/aromatic N) is 2. The number of hydrogen-bond donors (Lipinski definition) is 6. The fraction of sp³-hybridized carbons (Fsp3) is 0.391. The number of carboxylic acid groups (broad SMARTS) is 1. The number of rotatable bonds is 19. The number of alkyl carbamates (subject to hydrolysis) is 1. The summed E-state index contributed by atoms with van der Waals surface area (Å²) in [5.74, 6) is -5.20. The number of hydrogen-bond acceptors (Lipinski definition) is 10. The molecule has 63 heavy (non-hydrogen) atoms. The number of carboxylic acids is 1. The van der Waals surface area contributed by atoms with E-state index in [-0.39, 0.29) is 19.3 Å². The minimum Gasteiger partial charge on any atom is -0.480 e. The third kappa shape index (κ3) is 14.5. The van der Waals surface area contributed by atoms with Crippen LogP contribution >= 0.6 is 0 Å². The van der Waals surface area contributed by atoms with Gasteiger partial charge in [-0.05, 0) is 71.6 Å². The minimum absolute atomic E-state index is 0.133. The summed E-state index contributed by atoms with van der Waals surface area (Å²) in [6.45, 7) is 10.1. The fourth-order valence-electron chi connectivity index (χ4n) is 6.63. The van der Waals surface area contributed by atoms with Gasteiger partial charge in [0.25, 0.3) is 0 Å². The predicted molar refractivity (Wildman–Crippen MR) is 232 cm³/mol. The number of esters is 1. The van der Waals surface area contributed by atoms with E-state index in [1.54, 1.807) is 54.1 Å². The second-order valence-electron chi connectivity index (χ2n) is 16.8. The Morgan fingerprint density at radius 3 is 1.67 bits per heavy atom. The number of nitrogens with one attached hydrogen (secondary N) is 5. The number of carbonyl (C=O) groups excluding carboxylic acids is 6. The number of aromatic nitrogens is 2. The van der Waals surface area contributed by atoms with Crippen molar-refractivity contribution in [2.24, 2.45) is 0 Å². The number of amides is 5. The molecule has 4 rings (SSSR count). The van der Waals surface area contributed by atoms with Crippen LogP contribution < -0.4 is 26.6 Å². The maximum Gasteiger partial charge on any atom is 0.408 e. The van der Waals surface area contributed by atoms with Crippen LogP contribution in [0.5, 0.6) is 0 Å². The quantitative estimate of drug-likeness (QED) is 0.0589. The van der Waals surface area contributed by atoms with E-state index in [2.05, 4.69) is 26.6 Å². The summed E-state index contributed by atoms with van der Waals surface area (Å²) in [5, 5.41) is 21.0. The van der Waals surface area contributed by atoms with Crippen molar-refractivity contribution in [2.75, 3.05) is 13.1 Å². The molecule has 0 saturated heterocycles. The number of aliphatic carboxylic acids is 1. The van der Waals surface area contributed by atoms with Crippen LogP contribution in [-0.4, -0.2) is 98.7 Å². The molecule has 0 saturated carbocycles. The van der Waals surface area contributed by atoms with Gasteiger partial charge < -0.3 is 45.7 Å².